The first-order valence-electron chi connectivity index (χ1n) is 10.7. The second kappa shape index (κ2) is 10.3. The van der Waals surface area contributed by atoms with Crippen molar-refractivity contribution in [1.29, 1.82) is 0 Å². The zero-order valence-electron chi connectivity index (χ0n) is 17.9. The quantitative estimate of drug-likeness (QED) is 0.481. The van der Waals surface area contributed by atoms with Gasteiger partial charge in [0, 0.05) is 5.88 Å². The molecular formula is C26H26ClN3O2. The maximum absolute atomic E-state index is 13.2. The van der Waals surface area contributed by atoms with Crippen LogP contribution in [-0.4, -0.2) is 29.4 Å². The summed E-state index contributed by atoms with van der Waals surface area (Å²) < 4.78 is 5.45. The van der Waals surface area contributed by atoms with E-state index in [4.69, 9.17) is 21.3 Å². The van der Waals surface area contributed by atoms with Gasteiger partial charge in [0.25, 0.3) is 0 Å². The Hall–Kier alpha value is -3.31. The molecule has 0 aliphatic carbocycles. The molecule has 1 aliphatic rings. The van der Waals surface area contributed by atoms with E-state index in [-0.39, 0.29) is 24.7 Å². The van der Waals surface area contributed by atoms with Crippen molar-refractivity contribution >= 4 is 23.7 Å². The molecule has 0 saturated heterocycles. The predicted octanol–water partition coefficient (Wildman–Crippen LogP) is 5.87. The van der Waals surface area contributed by atoms with Crippen LogP contribution in [0.15, 0.2) is 96.0 Å². The van der Waals surface area contributed by atoms with E-state index in [1.807, 2.05) is 91.0 Å². The van der Waals surface area contributed by atoms with E-state index in [0.717, 1.165) is 16.7 Å². The lowest BCUT2D eigenvalue weighted by Gasteiger charge is -2.30. The van der Waals surface area contributed by atoms with Gasteiger partial charge in [-0.1, -0.05) is 91.0 Å². The minimum absolute atomic E-state index is 0.209. The van der Waals surface area contributed by atoms with Crippen molar-refractivity contribution in [3.05, 3.63) is 108 Å². The largest absolute Gasteiger partial charge is 0.449 e. The lowest BCUT2D eigenvalue weighted by molar-refractivity contribution is 0.116. The third kappa shape index (κ3) is 4.63. The summed E-state index contributed by atoms with van der Waals surface area (Å²) in [7, 11) is 0. The Labute approximate surface area is 193 Å². The summed E-state index contributed by atoms with van der Waals surface area (Å²) in [5.74, 6) is 0.784. The second-order valence-electron chi connectivity index (χ2n) is 7.49. The van der Waals surface area contributed by atoms with Crippen LogP contribution in [0.2, 0.25) is 0 Å². The molecule has 1 N–H and O–H groups in total. The average Bonchev–Trinajstić information content (AvgIpc) is 3.23. The van der Waals surface area contributed by atoms with E-state index in [9.17, 15) is 4.79 Å². The van der Waals surface area contributed by atoms with Crippen LogP contribution in [0.25, 0.3) is 0 Å². The fourth-order valence-corrected chi connectivity index (χ4v) is 4.23. The Morgan fingerprint density at radius 3 is 2.09 bits per heavy atom. The molecule has 0 saturated carbocycles. The smallest absolute Gasteiger partial charge is 0.417 e. The Balaban J connectivity index is 1.77. The van der Waals surface area contributed by atoms with Gasteiger partial charge in [-0.05, 0) is 23.6 Å². The van der Waals surface area contributed by atoms with Crippen molar-refractivity contribution in [2.75, 3.05) is 12.5 Å². The van der Waals surface area contributed by atoms with Gasteiger partial charge in [0.1, 0.15) is 6.04 Å². The number of nitrogens with one attached hydrogen (secondary N) is 1. The number of nitrogens with zero attached hydrogens (tertiary/aromatic N) is 2. The number of amides is 1. The highest BCUT2D eigenvalue weighted by atomic mass is 35.5. The number of benzene rings is 3. The summed E-state index contributed by atoms with van der Waals surface area (Å²) in [5, 5.41) is 3.41. The number of alkyl halides is 1. The number of rotatable bonds is 6. The van der Waals surface area contributed by atoms with E-state index in [1.54, 1.807) is 11.8 Å². The molecule has 0 aromatic heterocycles. The molecule has 0 spiro atoms. The first-order valence-corrected chi connectivity index (χ1v) is 11.3. The topological polar surface area (TPSA) is 53.9 Å². The Morgan fingerprint density at radius 1 is 0.969 bits per heavy atom. The maximum atomic E-state index is 13.2. The normalized spacial score (nSPS) is 18.7. The third-order valence-corrected chi connectivity index (χ3v) is 5.78. The number of hydrogen-bond acceptors (Lipinski definition) is 4. The molecular weight excluding hydrogens is 422 g/mol. The van der Waals surface area contributed by atoms with Crippen molar-refractivity contribution < 1.29 is 9.53 Å². The maximum Gasteiger partial charge on any atom is 0.417 e. The van der Waals surface area contributed by atoms with Gasteiger partial charge >= 0.3 is 6.09 Å². The molecule has 164 valence electrons. The number of guanidine groups is 1. The first-order chi connectivity index (χ1) is 15.7. The highest BCUT2D eigenvalue weighted by molar-refractivity contribution is 6.18. The molecule has 1 heterocycles. The van der Waals surface area contributed by atoms with Gasteiger partial charge in [-0.2, -0.15) is 0 Å². The van der Waals surface area contributed by atoms with E-state index < -0.39 is 6.09 Å². The molecule has 1 amide bonds. The molecule has 3 aromatic carbocycles. The van der Waals surface area contributed by atoms with Crippen molar-refractivity contribution in [3.63, 3.8) is 0 Å². The summed E-state index contributed by atoms with van der Waals surface area (Å²) in [6.45, 7) is 2.08. The number of carbonyl (C=O) groups excluding carboxylic acids is 1. The third-order valence-electron chi connectivity index (χ3n) is 5.47. The molecule has 32 heavy (non-hydrogen) atoms. The van der Waals surface area contributed by atoms with Crippen LogP contribution < -0.4 is 5.32 Å². The molecule has 3 atom stereocenters. The Morgan fingerprint density at radius 2 is 1.53 bits per heavy atom. The van der Waals surface area contributed by atoms with Crippen LogP contribution >= 0.6 is 11.6 Å². The highest BCUT2D eigenvalue weighted by Crippen LogP contribution is 2.42. The number of hydrogen-bond donors (Lipinski definition) is 1. The summed E-state index contributed by atoms with van der Waals surface area (Å²) in [5.41, 5.74) is 3.03. The standard InChI is InChI=1S/C26H26ClN3O2/c1-2-32-26(31)30-24(21-16-10-5-11-17-21)23(20-14-8-4-9-15-20)29-25(30)28-22(18-27)19-12-6-3-7-13-19/h3-17,22-24H,2,18H2,1H3,(H,28,29)/t22-,23+,24+/m1/s1. The molecule has 0 bridgehead atoms. The van der Waals surface area contributed by atoms with Crippen LogP contribution in [0, 0.1) is 0 Å². The fourth-order valence-electron chi connectivity index (χ4n) is 3.98. The van der Waals surface area contributed by atoms with Crippen LogP contribution in [-0.2, 0) is 4.74 Å². The van der Waals surface area contributed by atoms with Crippen molar-refractivity contribution in [3.8, 4) is 0 Å². The van der Waals surface area contributed by atoms with E-state index in [0.29, 0.717) is 11.8 Å². The summed E-state index contributed by atoms with van der Waals surface area (Å²) in [6, 6.07) is 29.0. The van der Waals surface area contributed by atoms with Gasteiger partial charge in [-0.15, -0.1) is 11.6 Å². The minimum atomic E-state index is -0.438. The highest BCUT2D eigenvalue weighted by Gasteiger charge is 2.43. The van der Waals surface area contributed by atoms with Gasteiger partial charge in [0.05, 0.1) is 18.7 Å². The number of halogens is 1. The zero-order chi connectivity index (χ0) is 22.3. The van der Waals surface area contributed by atoms with Crippen molar-refractivity contribution in [2.24, 2.45) is 4.99 Å². The van der Waals surface area contributed by atoms with E-state index in [2.05, 4.69) is 5.32 Å². The van der Waals surface area contributed by atoms with Crippen molar-refractivity contribution in [2.45, 2.75) is 25.0 Å². The second-order valence-corrected chi connectivity index (χ2v) is 7.80. The van der Waals surface area contributed by atoms with Gasteiger partial charge < -0.3 is 10.1 Å². The lowest BCUT2D eigenvalue weighted by atomic mass is 9.94. The first kappa shape index (κ1) is 21.9. The SMILES string of the molecule is CCOC(=O)N1C(N[C@H](CCl)c2ccccc2)=N[C@@H](c2ccccc2)[C@@H]1c1ccccc1. The van der Waals surface area contributed by atoms with Crippen LogP contribution in [0.4, 0.5) is 4.79 Å². The molecule has 5 nitrogen and oxygen atoms in total. The summed E-state index contributed by atoms with van der Waals surface area (Å²) in [4.78, 5) is 19.8. The molecule has 0 radical (unpaired) electrons. The summed E-state index contributed by atoms with van der Waals surface area (Å²) in [6.07, 6.45) is -0.438. The number of aliphatic imine (C=N–C) groups is 1. The summed E-state index contributed by atoms with van der Waals surface area (Å²) >= 11 is 6.32. The van der Waals surface area contributed by atoms with Crippen molar-refractivity contribution in [1.82, 2.24) is 10.2 Å². The predicted molar refractivity (Wildman–Crippen MR) is 128 cm³/mol. The van der Waals surface area contributed by atoms with Gasteiger partial charge in [-0.3, -0.25) is 0 Å². The molecule has 0 fully saturated rings. The Bertz CT molecular complexity index is 1040. The van der Waals surface area contributed by atoms with Gasteiger partial charge in [0.15, 0.2) is 0 Å². The monoisotopic (exact) mass is 447 g/mol. The molecule has 4 rings (SSSR count). The fraction of sp³-hybridized carbons (Fsp3) is 0.231. The van der Waals surface area contributed by atoms with E-state index in [1.165, 1.54) is 0 Å². The Kier molecular flexibility index (Phi) is 7.07. The molecule has 3 aromatic rings. The molecule has 6 heteroatoms. The average molecular weight is 448 g/mol. The lowest BCUT2D eigenvalue weighted by Crippen LogP contribution is -2.45. The van der Waals surface area contributed by atoms with Gasteiger partial charge in [0.2, 0.25) is 5.96 Å². The number of ether oxygens (including phenoxy) is 1. The molecule has 0 unspecified atom stereocenters. The zero-order valence-corrected chi connectivity index (χ0v) is 18.7. The minimum Gasteiger partial charge on any atom is -0.449 e. The van der Waals surface area contributed by atoms with Crippen LogP contribution in [0.3, 0.4) is 0 Å². The van der Waals surface area contributed by atoms with Crippen LogP contribution in [0.5, 0.6) is 0 Å². The van der Waals surface area contributed by atoms with Gasteiger partial charge in [-0.25, -0.2) is 14.7 Å². The molecule has 1 aliphatic heterocycles. The van der Waals surface area contributed by atoms with Crippen LogP contribution in [0.1, 0.15) is 41.7 Å². The van der Waals surface area contributed by atoms with E-state index >= 15 is 0 Å². The number of carbonyl (C=O) groups is 1.